The molecule has 0 aromatic carbocycles. The predicted molar refractivity (Wildman–Crippen MR) is 65.1 cm³/mol. The molecule has 1 saturated heterocycles. The molecule has 0 amide bonds. The topological polar surface area (TPSA) is 21.3 Å². The highest BCUT2D eigenvalue weighted by Crippen LogP contribution is 2.35. The number of nitrogens with one attached hydrogen (secondary N) is 1. The lowest BCUT2D eigenvalue weighted by atomic mass is 9.79. The lowest BCUT2D eigenvalue weighted by Crippen LogP contribution is -2.44. The summed E-state index contributed by atoms with van der Waals surface area (Å²) in [4.78, 5) is 0. The maximum absolute atomic E-state index is 5.59. The van der Waals surface area contributed by atoms with Gasteiger partial charge in [0, 0.05) is 24.1 Å². The molecule has 1 unspecified atom stereocenters. The zero-order valence-corrected chi connectivity index (χ0v) is 11.0. The highest BCUT2D eigenvalue weighted by Gasteiger charge is 2.35. The van der Waals surface area contributed by atoms with Crippen molar-refractivity contribution in [3.05, 3.63) is 0 Å². The van der Waals surface area contributed by atoms with Crippen molar-refractivity contribution in [2.45, 2.75) is 53.0 Å². The van der Waals surface area contributed by atoms with Crippen LogP contribution in [0.3, 0.4) is 0 Å². The van der Waals surface area contributed by atoms with Gasteiger partial charge in [-0.2, -0.15) is 0 Å². The van der Waals surface area contributed by atoms with E-state index in [0.29, 0.717) is 5.41 Å². The van der Waals surface area contributed by atoms with Crippen molar-refractivity contribution in [3.8, 4) is 0 Å². The van der Waals surface area contributed by atoms with E-state index in [9.17, 15) is 0 Å². The minimum Gasteiger partial charge on any atom is -0.381 e. The minimum atomic E-state index is 0.215. The molecule has 0 aliphatic carbocycles. The van der Waals surface area contributed by atoms with Gasteiger partial charge in [0.25, 0.3) is 0 Å². The van der Waals surface area contributed by atoms with E-state index < -0.39 is 0 Å². The van der Waals surface area contributed by atoms with Crippen molar-refractivity contribution in [2.75, 3.05) is 19.8 Å². The third-order valence-corrected chi connectivity index (χ3v) is 3.02. The summed E-state index contributed by atoms with van der Waals surface area (Å²) in [6, 6.07) is 0. The molecular weight excluding hydrogens is 186 g/mol. The molecule has 1 heterocycles. The summed E-state index contributed by atoms with van der Waals surface area (Å²) in [5.41, 5.74) is 0.605. The van der Waals surface area contributed by atoms with E-state index in [1.807, 2.05) is 0 Å². The summed E-state index contributed by atoms with van der Waals surface area (Å²) in [5.74, 6) is 0.758. The Hall–Kier alpha value is -0.0800. The van der Waals surface area contributed by atoms with Gasteiger partial charge in [0.05, 0.1) is 6.61 Å². The second kappa shape index (κ2) is 4.84. The standard InChI is InChI=1S/C13H27NO/c1-11(2)8-13(6-7-15-10-13)9-14-12(3,4)5/h11,14H,6-10H2,1-5H3. The number of ether oxygens (including phenoxy) is 1. The Morgan fingerprint density at radius 2 is 2.00 bits per heavy atom. The smallest absolute Gasteiger partial charge is 0.0535 e. The predicted octanol–water partition coefficient (Wildman–Crippen LogP) is 2.83. The summed E-state index contributed by atoms with van der Waals surface area (Å²) in [5, 5.41) is 3.63. The highest BCUT2D eigenvalue weighted by atomic mass is 16.5. The third kappa shape index (κ3) is 4.52. The zero-order valence-electron chi connectivity index (χ0n) is 11.0. The fourth-order valence-electron chi connectivity index (χ4n) is 2.34. The molecule has 0 radical (unpaired) electrons. The number of hydrogen-bond donors (Lipinski definition) is 1. The molecule has 15 heavy (non-hydrogen) atoms. The molecule has 1 aliphatic rings. The van der Waals surface area contributed by atoms with Gasteiger partial charge in [0.2, 0.25) is 0 Å². The normalized spacial score (nSPS) is 27.6. The van der Waals surface area contributed by atoms with E-state index in [-0.39, 0.29) is 5.54 Å². The van der Waals surface area contributed by atoms with Crippen molar-refractivity contribution < 1.29 is 4.74 Å². The lowest BCUT2D eigenvalue weighted by molar-refractivity contribution is 0.128. The summed E-state index contributed by atoms with van der Waals surface area (Å²) < 4.78 is 5.59. The molecule has 2 nitrogen and oxygen atoms in total. The van der Waals surface area contributed by atoms with E-state index >= 15 is 0 Å². The van der Waals surface area contributed by atoms with Crippen LogP contribution in [-0.2, 0) is 4.74 Å². The molecule has 0 spiro atoms. The molecule has 1 N–H and O–H groups in total. The van der Waals surface area contributed by atoms with Crippen LogP contribution in [0, 0.1) is 11.3 Å². The van der Waals surface area contributed by atoms with Crippen LogP contribution in [-0.4, -0.2) is 25.3 Å². The van der Waals surface area contributed by atoms with Crippen LogP contribution in [0.4, 0.5) is 0 Å². The van der Waals surface area contributed by atoms with E-state index in [0.717, 1.165) is 25.7 Å². The minimum absolute atomic E-state index is 0.215. The Morgan fingerprint density at radius 3 is 2.40 bits per heavy atom. The van der Waals surface area contributed by atoms with Gasteiger partial charge >= 0.3 is 0 Å². The van der Waals surface area contributed by atoms with Gasteiger partial charge in [-0.25, -0.2) is 0 Å². The van der Waals surface area contributed by atoms with Gasteiger partial charge in [-0.1, -0.05) is 13.8 Å². The van der Waals surface area contributed by atoms with Gasteiger partial charge in [-0.15, -0.1) is 0 Å². The molecule has 1 aliphatic heterocycles. The first kappa shape index (κ1) is 13.0. The van der Waals surface area contributed by atoms with Gasteiger partial charge in [-0.05, 0) is 39.5 Å². The molecule has 0 saturated carbocycles. The van der Waals surface area contributed by atoms with Crippen molar-refractivity contribution in [2.24, 2.45) is 11.3 Å². The van der Waals surface area contributed by atoms with Crippen LogP contribution in [0.2, 0.25) is 0 Å². The molecule has 90 valence electrons. The monoisotopic (exact) mass is 213 g/mol. The van der Waals surface area contributed by atoms with Crippen LogP contribution < -0.4 is 5.32 Å². The van der Waals surface area contributed by atoms with Crippen LogP contribution in [0.25, 0.3) is 0 Å². The fraction of sp³-hybridized carbons (Fsp3) is 1.00. The van der Waals surface area contributed by atoms with Crippen molar-refractivity contribution >= 4 is 0 Å². The molecule has 0 aromatic rings. The van der Waals surface area contributed by atoms with Gasteiger partial charge < -0.3 is 10.1 Å². The molecule has 1 fully saturated rings. The maximum atomic E-state index is 5.59. The van der Waals surface area contributed by atoms with Crippen molar-refractivity contribution in [1.82, 2.24) is 5.32 Å². The van der Waals surface area contributed by atoms with E-state index in [1.165, 1.54) is 12.8 Å². The Balaban J connectivity index is 2.50. The molecule has 1 rings (SSSR count). The number of rotatable bonds is 4. The average molecular weight is 213 g/mol. The Labute approximate surface area is 94.8 Å². The first-order valence-corrected chi connectivity index (χ1v) is 6.16. The maximum Gasteiger partial charge on any atom is 0.0535 e. The first-order valence-electron chi connectivity index (χ1n) is 6.16. The van der Waals surface area contributed by atoms with Crippen LogP contribution in [0.5, 0.6) is 0 Å². The lowest BCUT2D eigenvalue weighted by Gasteiger charge is -2.33. The van der Waals surface area contributed by atoms with Crippen LogP contribution >= 0.6 is 0 Å². The summed E-state index contributed by atoms with van der Waals surface area (Å²) in [7, 11) is 0. The SMILES string of the molecule is CC(C)CC1(CNC(C)(C)C)CCOC1. The van der Waals surface area contributed by atoms with Gasteiger partial charge in [0.1, 0.15) is 0 Å². The van der Waals surface area contributed by atoms with Gasteiger partial charge in [-0.3, -0.25) is 0 Å². The van der Waals surface area contributed by atoms with Crippen molar-refractivity contribution in [3.63, 3.8) is 0 Å². The van der Waals surface area contributed by atoms with Crippen molar-refractivity contribution in [1.29, 1.82) is 0 Å². The second-order valence-electron chi connectivity index (χ2n) is 6.50. The number of hydrogen-bond acceptors (Lipinski definition) is 2. The van der Waals surface area contributed by atoms with Gasteiger partial charge in [0.15, 0.2) is 0 Å². The summed E-state index contributed by atoms with van der Waals surface area (Å²) in [6.45, 7) is 14.3. The Bertz CT molecular complexity index is 187. The molecule has 1 atom stereocenters. The van der Waals surface area contributed by atoms with E-state index in [2.05, 4.69) is 39.9 Å². The van der Waals surface area contributed by atoms with E-state index in [1.54, 1.807) is 0 Å². The summed E-state index contributed by atoms with van der Waals surface area (Å²) >= 11 is 0. The second-order valence-corrected chi connectivity index (χ2v) is 6.50. The van der Waals surface area contributed by atoms with E-state index in [4.69, 9.17) is 4.74 Å². The largest absolute Gasteiger partial charge is 0.381 e. The average Bonchev–Trinajstić information content (AvgIpc) is 2.48. The Kier molecular flexibility index (Phi) is 4.19. The molecule has 2 heteroatoms. The van der Waals surface area contributed by atoms with Crippen LogP contribution in [0.15, 0.2) is 0 Å². The first-order chi connectivity index (χ1) is 6.83. The highest BCUT2D eigenvalue weighted by molar-refractivity contribution is 4.88. The fourth-order valence-corrected chi connectivity index (χ4v) is 2.34. The zero-order chi connectivity index (χ0) is 11.5. The third-order valence-electron chi connectivity index (χ3n) is 3.02. The molecular formula is C13H27NO. The molecule has 0 aromatic heterocycles. The quantitative estimate of drug-likeness (QED) is 0.775. The summed E-state index contributed by atoms with van der Waals surface area (Å²) in [6.07, 6.45) is 2.49. The Morgan fingerprint density at radius 1 is 1.33 bits per heavy atom. The van der Waals surface area contributed by atoms with Crippen LogP contribution in [0.1, 0.15) is 47.5 Å². The molecule has 0 bridgehead atoms.